The summed E-state index contributed by atoms with van der Waals surface area (Å²) in [6.07, 6.45) is 7.66. The summed E-state index contributed by atoms with van der Waals surface area (Å²) in [7, 11) is 0. The number of nitrogens with one attached hydrogen (secondary N) is 1. The van der Waals surface area contributed by atoms with Gasteiger partial charge in [-0.05, 0) is 38.5 Å². The van der Waals surface area contributed by atoms with E-state index >= 15 is 0 Å². The van der Waals surface area contributed by atoms with Crippen molar-refractivity contribution in [3.8, 4) is 0 Å². The first-order valence-electron chi connectivity index (χ1n) is 8.35. The lowest BCUT2D eigenvalue weighted by Crippen LogP contribution is -2.50. The quantitative estimate of drug-likeness (QED) is 0.803. The second-order valence-electron chi connectivity index (χ2n) is 6.93. The molecule has 0 bridgehead atoms. The lowest BCUT2D eigenvalue weighted by Gasteiger charge is -2.28. The van der Waals surface area contributed by atoms with Crippen molar-refractivity contribution >= 4 is 5.91 Å². The lowest BCUT2D eigenvalue weighted by atomic mass is 9.96. The van der Waals surface area contributed by atoms with Crippen LogP contribution in [-0.4, -0.2) is 33.3 Å². The summed E-state index contributed by atoms with van der Waals surface area (Å²) >= 11 is 0. The Bertz CT molecular complexity index is 520. The minimum absolute atomic E-state index is 0.0181. The first-order valence-corrected chi connectivity index (χ1v) is 8.35. The van der Waals surface area contributed by atoms with Crippen LogP contribution in [0.4, 0.5) is 0 Å². The Morgan fingerprint density at radius 3 is 2.73 bits per heavy atom. The zero-order valence-electron chi connectivity index (χ0n) is 13.2. The van der Waals surface area contributed by atoms with Crippen LogP contribution in [0, 0.1) is 5.92 Å². The molecule has 1 amide bonds. The minimum Gasteiger partial charge on any atom is -0.394 e. The first-order chi connectivity index (χ1) is 10.6. The molecule has 0 spiro atoms. The van der Waals surface area contributed by atoms with Gasteiger partial charge in [0.15, 0.2) is 5.82 Å². The lowest BCUT2D eigenvalue weighted by molar-refractivity contribution is -0.123. The van der Waals surface area contributed by atoms with Crippen LogP contribution in [0.25, 0.3) is 0 Å². The summed E-state index contributed by atoms with van der Waals surface area (Å²) in [5.41, 5.74) is -0.485. The van der Waals surface area contributed by atoms with Crippen molar-refractivity contribution in [2.24, 2.45) is 5.92 Å². The number of hydrogen-bond acceptors (Lipinski definition) is 5. The van der Waals surface area contributed by atoms with Crippen LogP contribution >= 0.6 is 0 Å². The highest BCUT2D eigenvalue weighted by atomic mass is 16.5. The Morgan fingerprint density at radius 2 is 2.09 bits per heavy atom. The van der Waals surface area contributed by atoms with Crippen molar-refractivity contribution in [3.05, 3.63) is 11.7 Å². The molecule has 122 valence electrons. The van der Waals surface area contributed by atoms with Gasteiger partial charge in [-0.1, -0.05) is 18.0 Å². The first kappa shape index (κ1) is 15.5. The zero-order valence-corrected chi connectivity index (χ0v) is 13.2. The van der Waals surface area contributed by atoms with Crippen LogP contribution in [0.3, 0.4) is 0 Å². The predicted octanol–water partition coefficient (Wildman–Crippen LogP) is 1.94. The number of rotatable bonds is 7. The molecule has 2 saturated carbocycles. The van der Waals surface area contributed by atoms with E-state index in [0.29, 0.717) is 30.6 Å². The van der Waals surface area contributed by atoms with Gasteiger partial charge in [-0.2, -0.15) is 4.98 Å². The second kappa shape index (κ2) is 6.36. The maximum absolute atomic E-state index is 12.1. The molecule has 6 heteroatoms. The van der Waals surface area contributed by atoms with Gasteiger partial charge in [0, 0.05) is 18.8 Å². The van der Waals surface area contributed by atoms with Crippen molar-refractivity contribution < 1.29 is 14.4 Å². The molecule has 1 atom stereocenters. The van der Waals surface area contributed by atoms with Crippen molar-refractivity contribution in [1.82, 2.24) is 15.5 Å². The van der Waals surface area contributed by atoms with E-state index < -0.39 is 5.54 Å². The average molecular weight is 307 g/mol. The molecule has 6 nitrogen and oxygen atoms in total. The number of aromatic nitrogens is 2. The van der Waals surface area contributed by atoms with E-state index in [2.05, 4.69) is 15.5 Å². The van der Waals surface area contributed by atoms with Crippen molar-refractivity contribution in [3.63, 3.8) is 0 Å². The molecule has 2 aliphatic rings. The summed E-state index contributed by atoms with van der Waals surface area (Å²) in [6.45, 7) is 1.89. The zero-order chi connectivity index (χ0) is 15.6. The largest absolute Gasteiger partial charge is 0.394 e. The molecule has 1 unspecified atom stereocenters. The van der Waals surface area contributed by atoms with Gasteiger partial charge in [0.05, 0.1) is 12.1 Å². The minimum atomic E-state index is -0.485. The highest BCUT2D eigenvalue weighted by Crippen LogP contribution is 2.39. The van der Waals surface area contributed by atoms with E-state index in [1.54, 1.807) is 0 Å². The van der Waals surface area contributed by atoms with Crippen LogP contribution < -0.4 is 5.32 Å². The summed E-state index contributed by atoms with van der Waals surface area (Å²) < 4.78 is 5.25. The fraction of sp³-hybridized carbons (Fsp3) is 0.812. The van der Waals surface area contributed by atoms with Crippen LogP contribution in [-0.2, 0) is 11.2 Å². The topological polar surface area (TPSA) is 88.2 Å². The summed E-state index contributed by atoms with van der Waals surface area (Å²) in [4.78, 5) is 16.5. The third-order valence-corrected chi connectivity index (χ3v) is 5.00. The van der Waals surface area contributed by atoms with Gasteiger partial charge in [0.25, 0.3) is 0 Å². The van der Waals surface area contributed by atoms with E-state index in [-0.39, 0.29) is 12.5 Å². The highest BCUT2D eigenvalue weighted by Gasteiger charge is 2.42. The molecule has 0 saturated heterocycles. The molecule has 0 radical (unpaired) electrons. The molecule has 1 aromatic rings. The fourth-order valence-corrected chi connectivity index (χ4v) is 3.31. The number of nitrogens with zero attached hydrogens (tertiary/aromatic N) is 2. The Balaban J connectivity index is 1.48. The van der Waals surface area contributed by atoms with Gasteiger partial charge in [0.2, 0.25) is 11.8 Å². The predicted molar refractivity (Wildman–Crippen MR) is 80.2 cm³/mol. The number of aliphatic hydroxyl groups is 1. The van der Waals surface area contributed by atoms with Crippen LogP contribution in [0.15, 0.2) is 4.52 Å². The van der Waals surface area contributed by atoms with Crippen LogP contribution in [0.5, 0.6) is 0 Å². The Kier molecular flexibility index (Phi) is 4.47. The molecule has 1 heterocycles. The normalized spacial score (nSPS) is 21.7. The molecule has 3 rings (SSSR count). The van der Waals surface area contributed by atoms with E-state index in [1.807, 2.05) is 6.92 Å². The van der Waals surface area contributed by atoms with Crippen molar-refractivity contribution in [2.75, 3.05) is 6.61 Å². The van der Waals surface area contributed by atoms with Gasteiger partial charge >= 0.3 is 0 Å². The molecule has 2 aliphatic carbocycles. The van der Waals surface area contributed by atoms with E-state index in [1.165, 1.54) is 12.8 Å². The number of aliphatic hydroxyl groups excluding tert-OH is 1. The van der Waals surface area contributed by atoms with E-state index in [4.69, 9.17) is 4.52 Å². The van der Waals surface area contributed by atoms with E-state index in [9.17, 15) is 9.90 Å². The van der Waals surface area contributed by atoms with Crippen LogP contribution in [0.1, 0.15) is 69.5 Å². The van der Waals surface area contributed by atoms with Gasteiger partial charge in [-0.25, -0.2) is 0 Å². The third kappa shape index (κ3) is 3.48. The monoisotopic (exact) mass is 307 g/mol. The number of carbonyl (C=O) groups excluding carboxylic acids is 1. The molecular formula is C16H25N3O3. The Hall–Kier alpha value is -1.43. The van der Waals surface area contributed by atoms with Gasteiger partial charge < -0.3 is 14.9 Å². The maximum atomic E-state index is 12.1. The Morgan fingerprint density at radius 1 is 1.36 bits per heavy atom. The number of amides is 1. The van der Waals surface area contributed by atoms with E-state index in [0.717, 1.165) is 31.5 Å². The summed E-state index contributed by atoms with van der Waals surface area (Å²) in [5.74, 6) is 2.10. The number of carbonyl (C=O) groups is 1. The van der Waals surface area contributed by atoms with Gasteiger partial charge in [-0.3, -0.25) is 4.79 Å². The number of aryl methyl sites for hydroxylation is 1. The van der Waals surface area contributed by atoms with Crippen molar-refractivity contribution in [2.45, 2.75) is 69.7 Å². The smallest absolute Gasteiger partial charge is 0.227 e. The van der Waals surface area contributed by atoms with Gasteiger partial charge in [-0.15, -0.1) is 0 Å². The SMILES string of the molecule is CC(CO)(NC(=O)CCc1nc(C2CCCC2)no1)C1CC1. The molecule has 0 aromatic carbocycles. The Labute approximate surface area is 130 Å². The summed E-state index contributed by atoms with van der Waals surface area (Å²) in [6, 6.07) is 0. The summed E-state index contributed by atoms with van der Waals surface area (Å²) in [5, 5.41) is 16.5. The average Bonchev–Trinajstić information content (AvgIpc) is 3.04. The standard InChI is InChI=1S/C16H25N3O3/c1-16(10-20,12-6-7-12)18-13(21)8-9-14-17-15(19-22-14)11-4-2-3-5-11/h11-12,20H,2-10H2,1H3,(H,18,21). The third-order valence-electron chi connectivity index (χ3n) is 5.00. The van der Waals surface area contributed by atoms with Crippen molar-refractivity contribution in [1.29, 1.82) is 0 Å². The van der Waals surface area contributed by atoms with Crippen LogP contribution in [0.2, 0.25) is 0 Å². The molecule has 2 N–H and O–H groups in total. The molecular weight excluding hydrogens is 282 g/mol. The fourth-order valence-electron chi connectivity index (χ4n) is 3.31. The number of hydrogen-bond donors (Lipinski definition) is 2. The second-order valence-corrected chi connectivity index (χ2v) is 6.93. The highest BCUT2D eigenvalue weighted by molar-refractivity contribution is 5.77. The molecule has 22 heavy (non-hydrogen) atoms. The molecule has 0 aliphatic heterocycles. The molecule has 2 fully saturated rings. The van der Waals surface area contributed by atoms with Gasteiger partial charge in [0.1, 0.15) is 0 Å². The molecule has 1 aromatic heterocycles. The maximum Gasteiger partial charge on any atom is 0.227 e.